The van der Waals surface area contributed by atoms with Gasteiger partial charge in [-0.3, -0.25) is 0 Å². The van der Waals surface area contributed by atoms with E-state index in [1.54, 1.807) is 0 Å². The van der Waals surface area contributed by atoms with Crippen LogP contribution in [0.4, 0.5) is 0 Å². The second-order valence-corrected chi connectivity index (χ2v) is 4.08. The molecule has 2 unspecified atom stereocenters. The van der Waals surface area contributed by atoms with E-state index in [9.17, 15) is 0 Å². The van der Waals surface area contributed by atoms with Crippen molar-refractivity contribution in [3.63, 3.8) is 0 Å². The van der Waals surface area contributed by atoms with Crippen molar-refractivity contribution >= 4 is 0 Å². The Hall–Kier alpha value is -0.120. The van der Waals surface area contributed by atoms with E-state index in [4.69, 9.17) is 10.2 Å². The van der Waals surface area contributed by atoms with Crippen LogP contribution >= 0.6 is 0 Å². The molecule has 3 N–H and O–H groups in total. The maximum Gasteiger partial charge on any atom is 0.0607 e. The van der Waals surface area contributed by atoms with E-state index in [1.165, 1.54) is 6.42 Å². The summed E-state index contributed by atoms with van der Waals surface area (Å²) in [5, 5.41) is 21.1. The minimum absolute atomic E-state index is 0.00745. The lowest BCUT2D eigenvalue weighted by Gasteiger charge is -2.24. The van der Waals surface area contributed by atoms with Gasteiger partial charge >= 0.3 is 0 Å². The topological polar surface area (TPSA) is 52.5 Å². The van der Waals surface area contributed by atoms with Crippen molar-refractivity contribution in [2.45, 2.75) is 52.1 Å². The van der Waals surface area contributed by atoms with E-state index >= 15 is 0 Å². The Bertz CT molecular complexity index is 126. The fourth-order valence-electron chi connectivity index (χ4n) is 1.50. The smallest absolute Gasteiger partial charge is 0.0607 e. The van der Waals surface area contributed by atoms with Gasteiger partial charge in [0.15, 0.2) is 0 Å². The summed E-state index contributed by atoms with van der Waals surface area (Å²) in [6, 6.07) is 0.248. The molecule has 14 heavy (non-hydrogen) atoms. The predicted molar refractivity (Wildman–Crippen MR) is 59.2 cm³/mol. The summed E-state index contributed by atoms with van der Waals surface area (Å²) in [6.07, 6.45) is 3.34. The highest BCUT2D eigenvalue weighted by atomic mass is 16.3. The van der Waals surface area contributed by atoms with Crippen LogP contribution in [0.15, 0.2) is 0 Å². The molecule has 0 spiro atoms. The Morgan fingerprint density at radius 2 is 1.57 bits per heavy atom. The van der Waals surface area contributed by atoms with E-state index in [0.717, 1.165) is 12.8 Å². The number of hydrogen-bond donors (Lipinski definition) is 3. The van der Waals surface area contributed by atoms with Crippen molar-refractivity contribution < 1.29 is 10.2 Å². The zero-order valence-electron chi connectivity index (χ0n) is 9.66. The van der Waals surface area contributed by atoms with Gasteiger partial charge in [0, 0.05) is 6.04 Å². The first-order chi connectivity index (χ1) is 6.67. The second-order valence-electron chi connectivity index (χ2n) is 4.08. The molecule has 0 fully saturated rings. The lowest BCUT2D eigenvalue weighted by molar-refractivity contribution is 0.156. The molecular weight excluding hydrogens is 178 g/mol. The fourth-order valence-corrected chi connectivity index (χ4v) is 1.50. The molecule has 86 valence electrons. The molecule has 0 saturated carbocycles. The summed E-state index contributed by atoms with van der Waals surface area (Å²) < 4.78 is 0. The first kappa shape index (κ1) is 13.9. The standard InChI is InChI=1S/C11H25NO2/c1-4-9(3)6-10(5-2)12-11(7-13)8-14/h9-14H,4-8H2,1-3H3. The molecule has 0 aliphatic rings. The molecular formula is C11H25NO2. The highest BCUT2D eigenvalue weighted by Crippen LogP contribution is 2.12. The van der Waals surface area contributed by atoms with Gasteiger partial charge in [0.25, 0.3) is 0 Å². The second kappa shape index (κ2) is 8.21. The van der Waals surface area contributed by atoms with Crippen LogP contribution in [0.25, 0.3) is 0 Å². The summed E-state index contributed by atoms with van der Waals surface area (Å²) >= 11 is 0. The molecule has 2 atom stereocenters. The Balaban J connectivity index is 3.88. The largest absolute Gasteiger partial charge is 0.395 e. The maximum absolute atomic E-state index is 8.94. The van der Waals surface area contributed by atoms with Crippen LogP contribution in [0, 0.1) is 5.92 Å². The molecule has 0 aromatic carbocycles. The van der Waals surface area contributed by atoms with E-state index < -0.39 is 0 Å². The van der Waals surface area contributed by atoms with Gasteiger partial charge in [-0.1, -0.05) is 27.2 Å². The van der Waals surface area contributed by atoms with Gasteiger partial charge in [0.1, 0.15) is 0 Å². The SMILES string of the molecule is CCC(C)CC(CC)NC(CO)CO. The summed E-state index contributed by atoms with van der Waals surface area (Å²) in [5.74, 6) is 0.700. The van der Waals surface area contributed by atoms with Crippen molar-refractivity contribution in [1.82, 2.24) is 5.32 Å². The average molecular weight is 203 g/mol. The van der Waals surface area contributed by atoms with Crippen molar-refractivity contribution in [3.05, 3.63) is 0 Å². The predicted octanol–water partition coefficient (Wildman–Crippen LogP) is 1.14. The van der Waals surface area contributed by atoms with Crippen LogP contribution in [0.1, 0.15) is 40.0 Å². The van der Waals surface area contributed by atoms with Crippen LogP contribution in [0.2, 0.25) is 0 Å². The van der Waals surface area contributed by atoms with Crippen LogP contribution in [-0.2, 0) is 0 Å². The van der Waals surface area contributed by atoms with E-state index in [-0.39, 0.29) is 19.3 Å². The molecule has 0 rings (SSSR count). The maximum atomic E-state index is 8.94. The molecule has 0 aromatic rings. The summed E-state index contributed by atoms with van der Waals surface area (Å²) in [6.45, 7) is 6.57. The van der Waals surface area contributed by atoms with Gasteiger partial charge < -0.3 is 15.5 Å². The Labute approximate surface area is 87.5 Å². The zero-order chi connectivity index (χ0) is 11.0. The van der Waals surface area contributed by atoms with Gasteiger partial charge in [-0.25, -0.2) is 0 Å². The molecule has 0 heterocycles. The van der Waals surface area contributed by atoms with Crippen LogP contribution in [0.5, 0.6) is 0 Å². The first-order valence-electron chi connectivity index (χ1n) is 5.65. The van der Waals surface area contributed by atoms with Gasteiger partial charge in [0.05, 0.1) is 19.3 Å². The quantitative estimate of drug-likeness (QED) is 0.554. The monoisotopic (exact) mass is 203 g/mol. The molecule has 3 heteroatoms. The van der Waals surface area contributed by atoms with Crippen LogP contribution in [-0.4, -0.2) is 35.5 Å². The third-order valence-corrected chi connectivity index (χ3v) is 2.79. The molecule has 0 aliphatic heterocycles. The van der Waals surface area contributed by atoms with Crippen molar-refractivity contribution in [2.24, 2.45) is 5.92 Å². The van der Waals surface area contributed by atoms with Gasteiger partial charge in [-0.15, -0.1) is 0 Å². The van der Waals surface area contributed by atoms with Crippen molar-refractivity contribution in [2.75, 3.05) is 13.2 Å². The summed E-state index contributed by atoms with van der Waals surface area (Å²) in [4.78, 5) is 0. The first-order valence-corrected chi connectivity index (χ1v) is 5.65. The minimum atomic E-state index is -0.163. The number of nitrogens with one attached hydrogen (secondary N) is 1. The normalized spacial score (nSPS) is 15.9. The Morgan fingerprint density at radius 1 is 1.00 bits per heavy atom. The molecule has 0 radical (unpaired) electrons. The fraction of sp³-hybridized carbons (Fsp3) is 1.00. The molecule has 3 nitrogen and oxygen atoms in total. The van der Waals surface area contributed by atoms with E-state index in [2.05, 4.69) is 26.1 Å². The molecule has 0 aromatic heterocycles. The average Bonchev–Trinajstić information content (AvgIpc) is 2.23. The lowest BCUT2D eigenvalue weighted by Crippen LogP contribution is -2.43. The number of aliphatic hydroxyl groups excluding tert-OH is 2. The zero-order valence-corrected chi connectivity index (χ0v) is 9.66. The van der Waals surface area contributed by atoms with Crippen LogP contribution < -0.4 is 5.32 Å². The Kier molecular flexibility index (Phi) is 8.14. The number of rotatable bonds is 8. The van der Waals surface area contributed by atoms with Gasteiger partial charge in [-0.05, 0) is 18.8 Å². The third-order valence-electron chi connectivity index (χ3n) is 2.79. The molecule has 0 aliphatic carbocycles. The highest BCUT2D eigenvalue weighted by molar-refractivity contribution is 4.73. The van der Waals surface area contributed by atoms with Crippen LogP contribution in [0.3, 0.4) is 0 Å². The summed E-state index contributed by atoms with van der Waals surface area (Å²) in [5.41, 5.74) is 0. The number of hydrogen-bond acceptors (Lipinski definition) is 3. The van der Waals surface area contributed by atoms with Gasteiger partial charge in [-0.2, -0.15) is 0 Å². The minimum Gasteiger partial charge on any atom is -0.395 e. The van der Waals surface area contributed by atoms with E-state index in [0.29, 0.717) is 12.0 Å². The summed E-state index contributed by atoms with van der Waals surface area (Å²) in [7, 11) is 0. The molecule has 0 bridgehead atoms. The molecule has 0 saturated heterocycles. The van der Waals surface area contributed by atoms with Crippen molar-refractivity contribution in [1.29, 1.82) is 0 Å². The number of aliphatic hydroxyl groups is 2. The van der Waals surface area contributed by atoms with E-state index in [1.807, 2.05) is 0 Å². The highest BCUT2D eigenvalue weighted by Gasteiger charge is 2.14. The van der Waals surface area contributed by atoms with Crippen molar-refractivity contribution in [3.8, 4) is 0 Å². The van der Waals surface area contributed by atoms with Gasteiger partial charge in [0.2, 0.25) is 0 Å². The Morgan fingerprint density at radius 3 is 1.93 bits per heavy atom. The lowest BCUT2D eigenvalue weighted by atomic mass is 9.97. The third kappa shape index (κ3) is 5.58. The molecule has 0 amide bonds.